The average Bonchev–Trinajstić information content (AvgIpc) is 2.25. The molecule has 15 heavy (non-hydrogen) atoms. The standard InChI is InChI=1S/C9H4N4O2/c10-13-12-7-5-3-1-2-4-6(5)11-9(15)8(7)14/h1-4H. The molecule has 0 spiro atoms. The molecular formula is C9H4N4O2. The smallest absolute Gasteiger partial charge is 0.283 e. The lowest BCUT2D eigenvalue weighted by Gasteiger charge is -2.01. The summed E-state index contributed by atoms with van der Waals surface area (Å²) in [6.45, 7) is 0. The minimum absolute atomic E-state index is 0.187. The van der Waals surface area contributed by atoms with Gasteiger partial charge in [-0.1, -0.05) is 23.3 Å². The van der Waals surface area contributed by atoms with Crippen LogP contribution in [0.5, 0.6) is 0 Å². The molecule has 0 N–H and O–H groups in total. The van der Waals surface area contributed by atoms with E-state index in [2.05, 4.69) is 15.0 Å². The number of carbonyl (C=O) groups is 2. The largest absolute Gasteiger partial charge is 0.318 e. The van der Waals surface area contributed by atoms with Crippen LogP contribution in [0.3, 0.4) is 0 Å². The van der Waals surface area contributed by atoms with Crippen molar-refractivity contribution in [3.8, 4) is 0 Å². The fourth-order valence-corrected chi connectivity index (χ4v) is 1.30. The summed E-state index contributed by atoms with van der Waals surface area (Å²) in [6, 6.07) is 6.50. The summed E-state index contributed by atoms with van der Waals surface area (Å²) in [5.74, 6) is -1.78. The van der Waals surface area contributed by atoms with Gasteiger partial charge in [-0.25, -0.2) is 4.99 Å². The number of azide groups is 1. The molecule has 0 unspecified atom stereocenters. The molecular weight excluding hydrogens is 196 g/mol. The fourth-order valence-electron chi connectivity index (χ4n) is 1.30. The number of nitrogens with zero attached hydrogens (tertiary/aromatic N) is 4. The van der Waals surface area contributed by atoms with Crippen molar-refractivity contribution in [2.24, 2.45) is 10.1 Å². The molecule has 0 atom stereocenters. The van der Waals surface area contributed by atoms with Gasteiger partial charge in [0.1, 0.15) is 5.70 Å². The summed E-state index contributed by atoms with van der Waals surface area (Å²) in [5, 5.41) is 3.96. The lowest BCUT2D eigenvalue weighted by atomic mass is 10.1. The Morgan fingerprint density at radius 3 is 2.73 bits per heavy atom. The molecule has 1 aromatic rings. The van der Waals surface area contributed by atoms with Gasteiger partial charge in [0.2, 0.25) is 0 Å². The number of ketones is 1. The van der Waals surface area contributed by atoms with Crippen LogP contribution in [0.4, 0.5) is 0 Å². The molecule has 72 valence electrons. The molecule has 1 aromatic carbocycles. The van der Waals surface area contributed by atoms with E-state index in [0.717, 1.165) is 0 Å². The van der Waals surface area contributed by atoms with Crippen LogP contribution in [-0.4, -0.2) is 11.7 Å². The Labute approximate surface area is 83.2 Å². The first-order valence-corrected chi connectivity index (χ1v) is 4.06. The van der Waals surface area contributed by atoms with Crippen LogP contribution in [-0.2, 0) is 9.59 Å². The van der Waals surface area contributed by atoms with Crippen LogP contribution in [0, 0.1) is 0 Å². The summed E-state index contributed by atoms with van der Waals surface area (Å²) < 4.78 is 0. The van der Waals surface area contributed by atoms with Crippen molar-refractivity contribution in [3.63, 3.8) is 0 Å². The number of hydrogen-bond acceptors (Lipinski definition) is 3. The van der Waals surface area contributed by atoms with Crippen molar-refractivity contribution in [3.05, 3.63) is 45.3 Å². The third kappa shape index (κ3) is 1.38. The van der Waals surface area contributed by atoms with E-state index in [1.807, 2.05) is 0 Å². The molecule has 0 fully saturated rings. The molecule has 0 aliphatic carbocycles. The molecule has 1 aliphatic rings. The highest BCUT2D eigenvalue weighted by Crippen LogP contribution is 2.01. The van der Waals surface area contributed by atoms with Gasteiger partial charge in [0.15, 0.2) is 0 Å². The first-order chi connectivity index (χ1) is 7.24. The zero-order chi connectivity index (χ0) is 10.8. The predicted molar refractivity (Wildman–Crippen MR) is 49.8 cm³/mol. The fraction of sp³-hybridized carbons (Fsp3) is 0. The summed E-state index contributed by atoms with van der Waals surface area (Å²) in [5.41, 5.74) is 8.10. The van der Waals surface area contributed by atoms with E-state index in [4.69, 9.17) is 5.53 Å². The van der Waals surface area contributed by atoms with Gasteiger partial charge >= 0.3 is 5.91 Å². The molecule has 0 radical (unpaired) electrons. The molecule has 0 bridgehead atoms. The second kappa shape index (κ2) is 3.36. The maximum absolute atomic E-state index is 11.3. The molecule has 2 rings (SSSR count). The van der Waals surface area contributed by atoms with Gasteiger partial charge in [-0.3, -0.25) is 9.59 Å². The Bertz CT molecular complexity index is 626. The van der Waals surface area contributed by atoms with E-state index < -0.39 is 11.7 Å². The van der Waals surface area contributed by atoms with Crippen LogP contribution in [0.1, 0.15) is 0 Å². The maximum atomic E-state index is 11.3. The molecule has 0 saturated carbocycles. The van der Waals surface area contributed by atoms with Gasteiger partial charge in [-0.05, 0) is 11.6 Å². The van der Waals surface area contributed by atoms with Crippen LogP contribution < -0.4 is 10.6 Å². The highest BCUT2D eigenvalue weighted by Gasteiger charge is 2.21. The Morgan fingerprint density at radius 1 is 1.27 bits per heavy atom. The topological polar surface area (TPSA) is 95.3 Å². The highest BCUT2D eigenvalue weighted by molar-refractivity contribution is 6.51. The number of rotatable bonds is 1. The number of fused-ring (bicyclic) bond motifs is 1. The van der Waals surface area contributed by atoms with E-state index in [1.54, 1.807) is 24.3 Å². The van der Waals surface area contributed by atoms with E-state index in [1.165, 1.54) is 0 Å². The summed E-state index contributed by atoms with van der Waals surface area (Å²) in [6.07, 6.45) is 0. The van der Waals surface area contributed by atoms with Crippen molar-refractivity contribution in [2.75, 3.05) is 0 Å². The Hall–Kier alpha value is -2.46. The zero-order valence-corrected chi connectivity index (χ0v) is 7.41. The van der Waals surface area contributed by atoms with Gasteiger partial charge in [-0.15, -0.1) is 0 Å². The summed E-state index contributed by atoms with van der Waals surface area (Å²) >= 11 is 0. The maximum Gasteiger partial charge on any atom is 0.318 e. The van der Waals surface area contributed by atoms with Gasteiger partial charge in [-0.2, -0.15) is 0 Å². The Morgan fingerprint density at radius 2 is 2.00 bits per heavy atom. The second-order valence-electron chi connectivity index (χ2n) is 2.80. The second-order valence-corrected chi connectivity index (χ2v) is 2.80. The van der Waals surface area contributed by atoms with E-state index in [-0.39, 0.29) is 5.70 Å². The molecule has 0 aromatic heterocycles. The van der Waals surface area contributed by atoms with Crippen molar-refractivity contribution >= 4 is 17.4 Å². The minimum atomic E-state index is -0.906. The van der Waals surface area contributed by atoms with Crippen molar-refractivity contribution in [1.29, 1.82) is 0 Å². The van der Waals surface area contributed by atoms with E-state index >= 15 is 0 Å². The average molecular weight is 200 g/mol. The number of Topliss-reactive ketones (excluding diaryl/α,β-unsaturated/α-hetero) is 1. The van der Waals surface area contributed by atoms with E-state index in [9.17, 15) is 9.59 Å². The zero-order valence-electron chi connectivity index (χ0n) is 7.41. The number of carbonyl (C=O) groups excluding carboxylic acids is 2. The molecule has 1 amide bonds. The normalized spacial score (nSPS) is 14.0. The van der Waals surface area contributed by atoms with Crippen molar-refractivity contribution < 1.29 is 9.59 Å². The molecule has 0 saturated heterocycles. The van der Waals surface area contributed by atoms with Crippen LogP contribution >= 0.6 is 0 Å². The third-order valence-corrected chi connectivity index (χ3v) is 1.94. The molecule has 1 heterocycles. The van der Waals surface area contributed by atoms with Crippen molar-refractivity contribution in [2.45, 2.75) is 0 Å². The van der Waals surface area contributed by atoms with Gasteiger partial charge < -0.3 is 0 Å². The Balaban J connectivity index is 2.97. The monoisotopic (exact) mass is 200 g/mol. The first-order valence-electron chi connectivity index (χ1n) is 4.06. The van der Waals surface area contributed by atoms with Crippen LogP contribution in [0.2, 0.25) is 0 Å². The summed E-state index contributed by atoms with van der Waals surface area (Å²) in [4.78, 5) is 28.5. The number of benzene rings is 1. The van der Waals surface area contributed by atoms with E-state index in [0.29, 0.717) is 10.6 Å². The van der Waals surface area contributed by atoms with Crippen LogP contribution in [0.15, 0.2) is 34.4 Å². The van der Waals surface area contributed by atoms with Crippen LogP contribution in [0.25, 0.3) is 16.1 Å². The van der Waals surface area contributed by atoms with Crippen molar-refractivity contribution in [1.82, 2.24) is 0 Å². The number of amides is 1. The molecule has 6 heteroatoms. The third-order valence-electron chi connectivity index (χ3n) is 1.94. The van der Waals surface area contributed by atoms with Gasteiger partial charge in [0, 0.05) is 10.1 Å². The molecule has 1 aliphatic heterocycles. The first kappa shape index (κ1) is 9.11. The van der Waals surface area contributed by atoms with Gasteiger partial charge in [0.05, 0.1) is 5.36 Å². The quantitative estimate of drug-likeness (QED) is 0.272. The summed E-state index contributed by atoms with van der Waals surface area (Å²) in [7, 11) is 0. The highest BCUT2D eigenvalue weighted by atomic mass is 16.2. The lowest BCUT2D eigenvalue weighted by Crippen LogP contribution is -2.36. The SMILES string of the molecule is [N-]=[N+]=NC1=c2ccccc2=NC(=O)C1=O. The lowest BCUT2D eigenvalue weighted by molar-refractivity contribution is -0.132. The van der Waals surface area contributed by atoms with Gasteiger partial charge in [0.25, 0.3) is 5.78 Å². The Kier molecular flexibility index (Phi) is 2.04. The number of para-hydroxylation sites is 1. The minimum Gasteiger partial charge on any atom is -0.283 e. The number of hydrogen-bond donors (Lipinski definition) is 0. The molecule has 6 nitrogen and oxygen atoms in total. The predicted octanol–water partition coefficient (Wildman–Crippen LogP) is -0.166.